The van der Waals surface area contributed by atoms with E-state index in [2.05, 4.69) is 0 Å². The first-order chi connectivity index (χ1) is 11.9. The highest BCUT2D eigenvalue weighted by Gasteiger charge is 2.20. The molecular formula is C19H23NO5. The zero-order chi connectivity index (χ0) is 18.6. The fourth-order valence-corrected chi connectivity index (χ4v) is 2.93. The van der Waals surface area contributed by atoms with E-state index >= 15 is 0 Å². The van der Waals surface area contributed by atoms with Gasteiger partial charge in [-0.3, -0.25) is 9.59 Å². The Kier molecular flexibility index (Phi) is 5.96. The number of methoxy groups -OCH3 is 1. The molecule has 0 aliphatic heterocycles. The number of ether oxygens (including phenoxy) is 2. The van der Waals surface area contributed by atoms with Gasteiger partial charge < -0.3 is 14.0 Å². The molecule has 0 saturated carbocycles. The maximum atomic E-state index is 12.7. The summed E-state index contributed by atoms with van der Waals surface area (Å²) in [4.78, 5) is 36.1. The van der Waals surface area contributed by atoms with Crippen molar-refractivity contribution in [2.45, 2.75) is 40.2 Å². The minimum Gasteiger partial charge on any atom is -0.485 e. The van der Waals surface area contributed by atoms with Crippen LogP contribution in [0.15, 0.2) is 23.0 Å². The highest BCUT2D eigenvalue weighted by Crippen LogP contribution is 2.28. The summed E-state index contributed by atoms with van der Waals surface area (Å²) in [5, 5.41) is 0.390. The van der Waals surface area contributed by atoms with Gasteiger partial charge in [-0.2, -0.15) is 0 Å². The predicted molar refractivity (Wildman–Crippen MR) is 95.4 cm³/mol. The predicted octanol–water partition coefficient (Wildman–Crippen LogP) is 2.73. The summed E-state index contributed by atoms with van der Waals surface area (Å²) in [6.45, 7) is 5.76. The van der Waals surface area contributed by atoms with Gasteiger partial charge in [0.05, 0.1) is 18.0 Å². The number of aromatic nitrogens is 1. The molecule has 0 radical (unpaired) electrons. The van der Waals surface area contributed by atoms with Crippen LogP contribution in [0.2, 0.25) is 0 Å². The van der Waals surface area contributed by atoms with Crippen molar-refractivity contribution in [3.8, 4) is 5.75 Å². The lowest BCUT2D eigenvalue weighted by Crippen LogP contribution is -2.20. The molecule has 0 spiro atoms. The lowest BCUT2D eigenvalue weighted by Gasteiger charge is -2.18. The van der Waals surface area contributed by atoms with Crippen molar-refractivity contribution in [3.05, 3.63) is 39.7 Å². The van der Waals surface area contributed by atoms with Crippen molar-refractivity contribution in [2.24, 2.45) is 0 Å². The van der Waals surface area contributed by atoms with E-state index < -0.39 is 5.97 Å². The summed E-state index contributed by atoms with van der Waals surface area (Å²) >= 11 is 0. The van der Waals surface area contributed by atoms with Crippen molar-refractivity contribution in [3.63, 3.8) is 0 Å². The maximum Gasteiger partial charge on any atom is 0.354 e. The van der Waals surface area contributed by atoms with E-state index in [1.807, 2.05) is 19.9 Å². The Hall–Kier alpha value is -2.63. The number of rotatable bonds is 7. The zero-order valence-electron chi connectivity index (χ0n) is 15.0. The summed E-state index contributed by atoms with van der Waals surface area (Å²) in [5.74, 6) is -0.334. The van der Waals surface area contributed by atoms with Gasteiger partial charge in [0.1, 0.15) is 18.1 Å². The molecule has 0 amide bonds. The fraction of sp³-hybridized carbons (Fsp3) is 0.421. The first-order valence-corrected chi connectivity index (χ1v) is 8.34. The average Bonchev–Trinajstić information content (AvgIpc) is 2.60. The smallest absolute Gasteiger partial charge is 0.354 e. The fourth-order valence-electron chi connectivity index (χ4n) is 2.93. The normalized spacial score (nSPS) is 10.7. The maximum absolute atomic E-state index is 12.7. The summed E-state index contributed by atoms with van der Waals surface area (Å²) in [6, 6.07) is 4.87. The molecule has 0 atom stereocenters. The molecule has 6 nitrogen and oxygen atoms in total. The number of ketones is 1. The Morgan fingerprint density at radius 2 is 1.92 bits per heavy atom. The molecule has 0 aliphatic rings. The SMILES string of the molecule is CCCc1ccc(OCC(C)=O)c2c(=O)cc(C(=O)OC)n(CC)c12. The lowest BCUT2D eigenvalue weighted by molar-refractivity contribution is -0.118. The molecule has 0 bridgehead atoms. The molecule has 2 aromatic rings. The van der Waals surface area contributed by atoms with Gasteiger partial charge in [-0.05, 0) is 31.9 Å². The van der Waals surface area contributed by atoms with Gasteiger partial charge in [-0.25, -0.2) is 4.79 Å². The van der Waals surface area contributed by atoms with Crippen LogP contribution < -0.4 is 10.2 Å². The lowest BCUT2D eigenvalue weighted by atomic mass is 10.0. The van der Waals surface area contributed by atoms with E-state index in [9.17, 15) is 14.4 Å². The van der Waals surface area contributed by atoms with Gasteiger partial charge >= 0.3 is 5.97 Å². The average molecular weight is 345 g/mol. The molecule has 0 aliphatic carbocycles. The van der Waals surface area contributed by atoms with Crippen LogP contribution in [0.4, 0.5) is 0 Å². The molecule has 0 N–H and O–H groups in total. The molecule has 2 rings (SSSR count). The molecule has 0 unspecified atom stereocenters. The molecule has 25 heavy (non-hydrogen) atoms. The van der Waals surface area contributed by atoms with Gasteiger partial charge in [0.25, 0.3) is 0 Å². The number of fused-ring (bicyclic) bond motifs is 1. The van der Waals surface area contributed by atoms with E-state index in [0.717, 1.165) is 18.4 Å². The van der Waals surface area contributed by atoms with Gasteiger partial charge in [0.2, 0.25) is 0 Å². The van der Waals surface area contributed by atoms with Crippen LogP contribution in [-0.2, 0) is 22.5 Å². The number of pyridine rings is 1. The first-order valence-electron chi connectivity index (χ1n) is 8.34. The minimum absolute atomic E-state index is 0.105. The van der Waals surface area contributed by atoms with E-state index in [-0.39, 0.29) is 23.5 Å². The molecule has 134 valence electrons. The van der Waals surface area contributed by atoms with Gasteiger partial charge in [0, 0.05) is 12.6 Å². The molecular weight excluding hydrogens is 322 g/mol. The van der Waals surface area contributed by atoms with Crippen molar-refractivity contribution < 1.29 is 19.1 Å². The quantitative estimate of drug-likeness (QED) is 0.721. The van der Waals surface area contributed by atoms with Crippen LogP contribution in [0, 0.1) is 0 Å². The Balaban J connectivity index is 2.85. The zero-order valence-corrected chi connectivity index (χ0v) is 15.0. The third kappa shape index (κ3) is 3.73. The van der Waals surface area contributed by atoms with E-state index in [0.29, 0.717) is 23.2 Å². The third-order valence-electron chi connectivity index (χ3n) is 3.96. The number of hydrogen-bond acceptors (Lipinski definition) is 5. The number of esters is 1. The van der Waals surface area contributed by atoms with E-state index in [4.69, 9.17) is 9.47 Å². The summed E-state index contributed by atoms with van der Waals surface area (Å²) < 4.78 is 12.1. The second-order valence-corrected chi connectivity index (χ2v) is 5.82. The van der Waals surface area contributed by atoms with Crippen LogP contribution in [0.5, 0.6) is 5.75 Å². The summed E-state index contributed by atoms with van der Waals surface area (Å²) in [5.41, 5.74) is 1.51. The van der Waals surface area contributed by atoms with Gasteiger partial charge in [0.15, 0.2) is 11.2 Å². The Labute approximate surface area is 146 Å². The van der Waals surface area contributed by atoms with E-state index in [1.54, 1.807) is 10.6 Å². The highest BCUT2D eigenvalue weighted by molar-refractivity contribution is 5.95. The molecule has 0 fully saturated rings. The van der Waals surface area contributed by atoms with Crippen molar-refractivity contribution >= 4 is 22.7 Å². The number of aryl methyl sites for hydroxylation is 2. The minimum atomic E-state index is -0.557. The van der Waals surface area contributed by atoms with Crippen LogP contribution in [0.1, 0.15) is 43.2 Å². The first kappa shape index (κ1) is 18.7. The Bertz CT molecular complexity index is 866. The van der Waals surface area contributed by atoms with Gasteiger partial charge in [-0.1, -0.05) is 19.4 Å². The number of hydrogen-bond donors (Lipinski definition) is 0. The highest BCUT2D eigenvalue weighted by atomic mass is 16.5. The third-order valence-corrected chi connectivity index (χ3v) is 3.96. The standard InChI is InChI=1S/C19H23NO5/c1-5-7-13-8-9-16(25-11-12(3)21)17-15(22)10-14(19(23)24-4)20(6-2)18(13)17/h8-10H,5-7,11H2,1-4H3. The van der Waals surface area contributed by atoms with Crippen molar-refractivity contribution in [1.82, 2.24) is 4.57 Å². The molecule has 6 heteroatoms. The molecule has 1 heterocycles. The molecule has 0 saturated heterocycles. The van der Waals surface area contributed by atoms with Crippen molar-refractivity contribution in [1.29, 1.82) is 0 Å². The van der Waals surface area contributed by atoms with Crippen LogP contribution in [-0.4, -0.2) is 30.0 Å². The number of carbonyl (C=O) groups is 2. The van der Waals surface area contributed by atoms with Crippen LogP contribution >= 0.6 is 0 Å². The Morgan fingerprint density at radius 1 is 1.20 bits per heavy atom. The Morgan fingerprint density at radius 3 is 2.48 bits per heavy atom. The van der Waals surface area contributed by atoms with Gasteiger partial charge in [-0.15, -0.1) is 0 Å². The number of nitrogens with zero attached hydrogens (tertiary/aromatic N) is 1. The largest absolute Gasteiger partial charge is 0.485 e. The molecule has 1 aromatic carbocycles. The number of carbonyl (C=O) groups excluding carboxylic acids is 2. The second-order valence-electron chi connectivity index (χ2n) is 5.82. The number of Topliss-reactive ketones (excluding diaryl/α,β-unsaturated/α-hetero) is 1. The topological polar surface area (TPSA) is 74.6 Å². The number of benzene rings is 1. The summed E-state index contributed by atoms with van der Waals surface area (Å²) in [7, 11) is 1.29. The second kappa shape index (κ2) is 7.96. The van der Waals surface area contributed by atoms with Crippen LogP contribution in [0.3, 0.4) is 0 Å². The van der Waals surface area contributed by atoms with Crippen LogP contribution in [0.25, 0.3) is 10.9 Å². The van der Waals surface area contributed by atoms with E-state index in [1.165, 1.54) is 20.1 Å². The molecule has 1 aromatic heterocycles. The van der Waals surface area contributed by atoms with Crippen molar-refractivity contribution in [2.75, 3.05) is 13.7 Å². The monoisotopic (exact) mass is 345 g/mol. The summed E-state index contributed by atoms with van der Waals surface area (Å²) in [6.07, 6.45) is 1.65.